The molecule has 1 heterocycles. The lowest BCUT2D eigenvalue weighted by molar-refractivity contribution is 0.383. The average molecular weight is 343 g/mol. The third-order valence-electron chi connectivity index (χ3n) is 3.44. The maximum Gasteiger partial charge on any atom is 0.243 e. The Kier molecular flexibility index (Phi) is 5.26. The average Bonchev–Trinajstić information content (AvgIpc) is 2.79. The second-order valence-electron chi connectivity index (χ2n) is 5.10. The maximum absolute atomic E-state index is 12.8. The van der Waals surface area contributed by atoms with Gasteiger partial charge in [0.2, 0.25) is 10.0 Å². The smallest absolute Gasteiger partial charge is 0.243 e. The van der Waals surface area contributed by atoms with Crippen molar-refractivity contribution in [1.82, 2.24) is 9.46 Å². The standard InChI is InChI=1S/C15H19ClN2O3S/c1-4-9-18(10-15-11(2)17-21-12(15)3)22(19,20)14-7-5-13(16)6-8-14/h5-8H,4,9-10H2,1-3H3. The molecule has 0 aliphatic rings. The molecule has 0 unspecified atom stereocenters. The highest BCUT2D eigenvalue weighted by Gasteiger charge is 2.26. The van der Waals surface area contributed by atoms with Gasteiger partial charge in [0, 0.05) is 23.7 Å². The number of hydrogen-bond donors (Lipinski definition) is 0. The molecule has 0 atom stereocenters. The van der Waals surface area contributed by atoms with E-state index in [0.717, 1.165) is 12.0 Å². The zero-order valence-corrected chi connectivity index (χ0v) is 14.4. The van der Waals surface area contributed by atoms with Gasteiger partial charge in [-0.2, -0.15) is 4.31 Å². The van der Waals surface area contributed by atoms with Crippen LogP contribution in [0.4, 0.5) is 0 Å². The van der Waals surface area contributed by atoms with Crippen LogP contribution in [-0.4, -0.2) is 24.4 Å². The summed E-state index contributed by atoms with van der Waals surface area (Å²) in [6.45, 7) is 6.21. The predicted octanol–water partition coefficient (Wildman–Crippen LogP) is 3.55. The van der Waals surface area contributed by atoms with E-state index in [0.29, 0.717) is 23.0 Å². The first-order chi connectivity index (χ1) is 10.4. The van der Waals surface area contributed by atoms with E-state index < -0.39 is 10.0 Å². The van der Waals surface area contributed by atoms with Crippen LogP contribution in [0.3, 0.4) is 0 Å². The van der Waals surface area contributed by atoms with Crippen molar-refractivity contribution < 1.29 is 12.9 Å². The molecule has 0 fully saturated rings. The molecular formula is C15H19ClN2O3S. The highest BCUT2D eigenvalue weighted by atomic mass is 35.5. The quantitative estimate of drug-likeness (QED) is 0.805. The minimum Gasteiger partial charge on any atom is -0.361 e. The van der Waals surface area contributed by atoms with E-state index in [1.807, 2.05) is 13.8 Å². The van der Waals surface area contributed by atoms with E-state index in [9.17, 15) is 8.42 Å². The van der Waals surface area contributed by atoms with E-state index in [-0.39, 0.29) is 11.4 Å². The van der Waals surface area contributed by atoms with Crippen molar-refractivity contribution in [2.45, 2.75) is 38.6 Å². The molecule has 2 rings (SSSR count). The fraction of sp³-hybridized carbons (Fsp3) is 0.400. The van der Waals surface area contributed by atoms with Crippen LogP contribution in [0.15, 0.2) is 33.7 Å². The molecule has 0 saturated carbocycles. The molecule has 0 bridgehead atoms. The van der Waals surface area contributed by atoms with Gasteiger partial charge in [-0.05, 0) is 44.5 Å². The molecule has 0 aliphatic heterocycles. The van der Waals surface area contributed by atoms with Crippen molar-refractivity contribution in [2.75, 3.05) is 6.54 Å². The van der Waals surface area contributed by atoms with Crippen LogP contribution in [0.5, 0.6) is 0 Å². The van der Waals surface area contributed by atoms with Crippen LogP contribution >= 0.6 is 11.6 Å². The van der Waals surface area contributed by atoms with E-state index in [1.54, 1.807) is 19.1 Å². The molecule has 2 aromatic rings. The van der Waals surface area contributed by atoms with Crippen molar-refractivity contribution in [3.8, 4) is 0 Å². The summed E-state index contributed by atoms with van der Waals surface area (Å²) >= 11 is 5.83. The van der Waals surface area contributed by atoms with Gasteiger partial charge in [0.25, 0.3) is 0 Å². The first-order valence-corrected chi connectivity index (χ1v) is 8.85. The van der Waals surface area contributed by atoms with Gasteiger partial charge >= 0.3 is 0 Å². The number of sulfonamides is 1. The third kappa shape index (κ3) is 3.51. The summed E-state index contributed by atoms with van der Waals surface area (Å²) in [5, 5.41) is 4.39. The van der Waals surface area contributed by atoms with Crippen LogP contribution in [0, 0.1) is 13.8 Å². The van der Waals surface area contributed by atoms with Gasteiger partial charge in [0.05, 0.1) is 10.6 Å². The summed E-state index contributed by atoms with van der Waals surface area (Å²) in [7, 11) is -3.58. The molecular weight excluding hydrogens is 324 g/mol. The first kappa shape index (κ1) is 17.0. The zero-order chi connectivity index (χ0) is 16.3. The lowest BCUT2D eigenvalue weighted by atomic mass is 10.2. The van der Waals surface area contributed by atoms with Gasteiger partial charge in [0.15, 0.2) is 0 Å². The monoisotopic (exact) mass is 342 g/mol. The molecule has 5 nitrogen and oxygen atoms in total. The van der Waals surface area contributed by atoms with Crippen molar-refractivity contribution in [3.63, 3.8) is 0 Å². The van der Waals surface area contributed by atoms with Gasteiger partial charge in [-0.3, -0.25) is 0 Å². The van der Waals surface area contributed by atoms with Crippen molar-refractivity contribution in [2.24, 2.45) is 0 Å². The summed E-state index contributed by atoms with van der Waals surface area (Å²) in [6, 6.07) is 6.20. The Labute approximate surface area is 135 Å². The molecule has 22 heavy (non-hydrogen) atoms. The Hall–Kier alpha value is -1.37. The molecule has 0 saturated heterocycles. The summed E-state index contributed by atoms with van der Waals surface area (Å²) in [5.74, 6) is 0.643. The Morgan fingerprint density at radius 1 is 1.23 bits per heavy atom. The van der Waals surface area contributed by atoms with Crippen LogP contribution < -0.4 is 0 Å². The molecule has 1 aromatic carbocycles. The Morgan fingerprint density at radius 3 is 2.36 bits per heavy atom. The predicted molar refractivity (Wildman–Crippen MR) is 85.3 cm³/mol. The van der Waals surface area contributed by atoms with E-state index >= 15 is 0 Å². The van der Waals surface area contributed by atoms with Gasteiger partial charge in [-0.1, -0.05) is 23.7 Å². The molecule has 0 aliphatic carbocycles. The topological polar surface area (TPSA) is 63.4 Å². The summed E-state index contributed by atoms with van der Waals surface area (Å²) in [5.41, 5.74) is 1.52. The van der Waals surface area contributed by atoms with Crippen molar-refractivity contribution in [3.05, 3.63) is 46.3 Å². The van der Waals surface area contributed by atoms with Gasteiger partial charge in [-0.15, -0.1) is 0 Å². The summed E-state index contributed by atoms with van der Waals surface area (Å²) in [6.07, 6.45) is 0.718. The number of rotatable bonds is 6. The third-order valence-corrected chi connectivity index (χ3v) is 5.55. The normalized spacial score (nSPS) is 12.0. The fourth-order valence-electron chi connectivity index (χ4n) is 2.19. The van der Waals surface area contributed by atoms with Crippen molar-refractivity contribution in [1.29, 1.82) is 0 Å². The lowest BCUT2D eigenvalue weighted by Crippen LogP contribution is -2.31. The first-order valence-electron chi connectivity index (χ1n) is 7.03. The Bertz CT molecular complexity index is 719. The van der Waals surface area contributed by atoms with Gasteiger partial charge in [-0.25, -0.2) is 8.42 Å². The van der Waals surface area contributed by atoms with Crippen LogP contribution in [-0.2, 0) is 16.6 Å². The second-order valence-corrected chi connectivity index (χ2v) is 7.47. The van der Waals surface area contributed by atoms with Crippen LogP contribution in [0.2, 0.25) is 5.02 Å². The molecule has 0 amide bonds. The summed E-state index contributed by atoms with van der Waals surface area (Å²) < 4.78 is 32.2. The van der Waals surface area contributed by atoms with Crippen LogP contribution in [0.25, 0.3) is 0 Å². The van der Waals surface area contributed by atoms with Crippen molar-refractivity contribution >= 4 is 21.6 Å². The second kappa shape index (κ2) is 6.81. The van der Waals surface area contributed by atoms with Gasteiger partial charge in [0.1, 0.15) is 5.76 Å². The largest absolute Gasteiger partial charge is 0.361 e. The molecule has 0 radical (unpaired) electrons. The minimum atomic E-state index is -3.58. The van der Waals surface area contributed by atoms with E-state index in [1.165, 1.54) is 16.4 Å². The number of hydrogen-bond acceptors (Lipinski definition) is 4. The number of nitrogens with zero attached hydrogens (tertiary/aromatic N) is 2. The van der Waals surface area contributed by atoms with Crippen LogP contribution in [0.1, 0.15) is 30.4 Å². The molecule has 0 N–H and O–H groups in total. The minimum absolute atomic E-state index is 0.233. The van der Waals surface area contributed by atoms with E-state index in [4.69, 9.17) is 16.1 Å². The lowest BCUT2D eigenvalue weighted by Gasteiger charge is -2.21. The highest BCUT2D eigenvalue weighted by Crippen LogP contribution is 2.23. The number of aryl methyl sites for hydroxylation is 2. The van der Waals surface area contributed by atoms with E-state index in [2.05, 4.69) is 5.16 Å². The SMILES string of the molecule is CCCN(Cc1c(C)noc1C)S(=O)(=O)c1ccc(Cl)cc1. The summed E-state index contributed by atoms with van der Waals surface area (Å²) in [4.78, 5) is 0.233. The number of aromatic nitrogens is 1. The number of halogens is 1. The molecule has 1 aromatic heterocycles. The highest BCUT2D eigenvalue weighted by molar-refractivity contribution is 7.89. The fourth-order valence-corrected chi connectivity index (χ4v) is 3.82. The Balaban J connectivity index is 2.36. The zero-order valence-electron chi connectivity index (χ0n) is 12.8. The number of benzene rings is 1. The molecule has 120 valence electrons. The van der Waals surface area contributed by atoms with Gasteiger partial charge < -0.3 is 4.52 Å². The molecule has 7 heteroatoms. The Morgan fingerprint density at radius 2 is 1.86 bits per heavy atom. The molecule has 0 spiro atoms. The maximum atomic E-state index is 12.8.